The highest BCUT2D eigenvalue weighted by atomic mass is 32.1. The number of ether oxygens (including phenoxy) is 1. The largest absolute Gasteiger partial charge is 0.376 e. The summed E-state index contributed by atoms with van der Waals surface area (Å²) in [6, 6.07) is 10.7. The summed E-state index contributed by atoms with van der Waals surface area (Å²) in [5, 5.41) is 6.74. The van der Waals surface area contributed by atoms with Gasteiger partial charge in [0.2, 0.25) is 0 Å². The van der Waals surface area contributed by atoms with Crippen LogP contribution in [0.4, 0.5) is 0 Å². The van der Waals surface area contributed by atoms with Crippen molar-refractivity contribution in [3.8, 4) is 11.3 Å². The van der Waals surface area contributed by atoms with E-state index in [0.29, 0.717) is 18.1 Å². The van der Waals surface area contributed by atoms with E-state index in [9.17, 15) is 0 Å². The summed E-state index contributed by atoms with van der Waals surface area (Å²) in [7, 11) is 2.02. The fraction of sp³-hybridized carbons (Fsp3) is 0.471. The molecular formula is C17H22N2OS. The fourth-order valence-corrected chi connectivity index (χ4v) is 3.81. The molecule has 3 unspecified atom stereocenters. The Kier molecular flexibility index (Phi) is 4.68. The van der Waals surface area contributed by atoms with Crippen molar-refractivity contribution in [2.45, 2.75) is 31.9 Å². The van der Waals surface area contributed by atoms with E-state index in [1.54, 1.807) is 11.3 Å². The molecule has 1 saturated heterocycles. The number of nitrogens with one attached hydrogen (secondary N) is 1. The van der Waals surface area contributed by atoms with Crippen LogP contribution >= 0.6 is 11.3 Å². The summed E-state index contributed by atoms with van der Waals surface area (Å²) >= 11 is 1.74. The number of hydrogen-bond donors (Lipinski definition) is 1. The Morgan fingerprint density at radius 1 is 1.38 bits per heavy atom. The van der Waals surface area contributed by atoms with Crippen molar-refractivity contribution in [2.75, 3.05) is 13.7 Å². The minimum Gasteiger partial charge on any atom is -0.376 e. The first-order valence-corrected chi connectivity index (χ1v) is 8.44. The number of nitrogens with zero attached hydrogens (tertiary/aromatic N) is 1. The number of likely N-dealkylation sites (N-methyl/N-ethyl adjacent to an activating group) is 1. The van der Waals surface area contributed by atoms with Crippen molar-refractivity contribution in [1.82, 2.24) is 10.3 Å². The lowest BCUT2D eigenvalue weighted by Gasteiger charge is -2.24. The van der Waals surface area contributed by atoms with Crippen LogP contribution in [-0.4, -0.2) is 30.8 Å². The topological polar surface area (TPSA) is 34.2 Å². The van der Waals surface area contributed by atoms with Gasteiger partial charge in [-0.25, -0.2) is 4.98 Å². The maximum absolute atomic E-state index is 5.90. The van der Waals surface area contributed by atoms with Crippen molar-refractivity contribution in [3.63, 3.8) is 0 Å². The molecule has 3 atom stereocenters. The molecule has 2 heterocycles. The molecule has 21 heavy (non-hydrogen) atoms. The smallest absolute Gasteiger partial charge is 0.0949 e. The van der Waals surface area contributed by atoms with E-state index in [4.69, 9.17) is 9.72 Å². The van der Waals surface area contributed by atoms with Gasteiger partial charge in [-0.3, -0.25) is 0 Å². The molecule has 1 aromatic carbocycles. The van der Waals surface area contributed by atoms with Gasteiger partial charge in [-0.2, -0.15) is 0 Å². The van der Waals surface area contributed by atoms with Crippen LogP contribution in [0.1, 0.15) is 18.4 Å². The number of benzene rings is 1. The minimum atomic E-state index is 0.305. The zero-order valence-corrected chi connectivity index (χ0v) is 13.4. The van der Waals surface area contributed by atoms with Gasteiger partial charge in [0.15, 0.2) is 0 Å². The number of thiazole rings is 1. The molecule has 2 aromatic rings. The lowest BCUT2D eigenvalue weighted by Crippen LogP contribution is -2.41. The second-order valence-corrected chi connectivity index (χ2v) is 6.64. The summed E-state index contributed by atoms with van der Waals surface area (Å²) < 4.78 is 5.90. The predicted molar refractivity (Wildman–Crippen MR) is 87.6 cm³/mol. The molecular weight excluding hydrogens is 280 g/mol. The summed E-state index contributed by atoms with van der Waals surface area (Å²) in [5.41, 5.74) is 2.26. The van der Waals surface area contributed by atoms with Crippen LogP contribution in [0, 0.1) is 5.92 Å². The quantitative estimate of drug-likeness (QED) is 0.919. The summed E-state index contributed by atoms with van der Waals surface area (Å²) in [6.45, 7) is 3.16. The van der Waals surface area contributed by atoms with Crippen LogP contribution in [0.2, 0.25) is 0 Å². The molecule has 0 bridgehead atoms. The van der Waals surface area contributed by atoms with Crippen LogP contribution in [0.15, 0.2) is 35.7 Å². The van der Waals surface area contributed by atoms with Crippen LogP contribution in [-0.2, 0) is 11.2 Å². The molecule has 0 radical (unpaired) electrons. The normalized spacial score (nSPS) is 23.3. The van der Waals surface area contributed by atoms with Gasteiger partial charge in [0.1, 0.15) is 0 Å². The Labute approximate surface area is 130 Å². The van der Waals surface area contributed by atoms with E-state index in [1.165, 1.54) is 10.6 Å². The number of rotatable bonds is 5. The van der Waals surface area contributed by atoms with Crippen molar-refractivity contribution in [2.24, 2.45) is 5.92 Å². The van der Waals surface area contributed by atoms with Gasteiger partial charge < -0.3 is 10.1 Å². The Morgan fingerprint density at radius 2 is 2.19 bits per heavy atom. The van der Waals surface area contributed by atoms with Crippen molar-refractivity contribution < 1.29 is 4.74 Å². The first kappa shape index (κ1) is 14.7. The number of aromatic nitrogens is 1. The van der Waals surface area contributed by atoms with Crippen LogP contribution < -0.4 is 5.32 Å². The van der Waals surface area contributed by atoms with Crippen molar-refractivity contribution in [1.29, 1.82) is 0 Å². The standard InChI is InChI=1S/C17H22N2OS/c1-12-8-9-20-17(12)14(18-2)10-16-19-15(11-21-16)13-6-4-3-5-7-13/h3-7,11-12,14,17-18H,8-10H2,1-2H3. The van der Waals surface area contributed by atoms with Gasteiger partial charge in [0.25, 0.3) is 0 Å². The second-order valence-electron chi connectivity index (χ2n) is 5.69. The van der Waals surface area contributed by atoms with Crippen LogP contribution in [0.3, 0.4) is 0 Å². The lowest BCUT2D eigenvalue weighted by atomic mass is 9.96. The highest BCUT2D eigenvalue weighted by Gasteiger charge is 2.31. The maximum Gasteiger partial charge on any atom is 0.0949 e. The summed E-state index contributed by atoms with van der Waals surface area (Å²) in [4.78, 5) is 4.79. The minimum absolute atomic E-state index is 0.305. The van der Waals surface area contributed by atoms with Gasteiger partial charge in [-0.05, 0) is 19.4 Å². The van der Waals surface area contributed by atoms with E-state index in [0.717, 1.165) is 25.1 Å². The Morgan fingerprint density at radius 3 is 2.86 bits per heavy atom. The SMILES string of the molecule is CNC(Cc1nc(-c2ccccc2)cs1)C1OCCC1C. The lowest BCUT2D eigenvalue weighted by molar-refractivity contribution is 0.0634. The van der Waals surface area contributed by atoms with Crippen molar-refractivity contribution in [3.05, 3.63) is 40.7 Å². The van der Waals surface area contributed by atoms with E-state index in [2.05, 4.69) is 41.9 Å². The zero-order valence-electron chi connectivity index (χ0n) is 12.6. The van der Waals surface area contributed by atoms with Gasteiger partial charge in [-0.1, -0.05) is 37.3 Å². The van der Waals surface area contributed by atoms with Crippen LogP contribution in [0.25, 0.3) is 11.3 Å². The Hall–Kier alpha value is -1.23. The molecule has 112 valence electrons. The third-order valence-electron chi connectivity index (χ3n) is 4.23. The maximum atomic E-state index is 5.90. The molecule has 3 rings (SSSR count). The summed E-state index contributed by atoms with van der Waals surface area (Å²) in [5.74, 6) is 0.621. The number of hydrogen-bond acceptors (Lipinski definition) is 4. The molecule has 1 aliphatic heterocycles. The van der Waals surface area contributed by atoms with Gasteiger partial charge in [0, 0.05) is 30.0 Å². The highest BCUT2D eigenvalue weighted by Crippen LogP contribution is 2.27. The van der Waals surface area contributed by atoms with E-state index >= 15 is 0 Å². The average molecular weight is 302 g/mol. The van der Waals surface area contributed by atoms with Crippen LogP contribution in [0.5, 0.6) is 0 Å². The van der Waals surface area contributed by atoms with Gasteiger partial charge in [0.05, 0.1) is 16.8 Å². The predicted octanol–water partition coefficient (Wildman–Crippen LogP) is 3.37. The average Bonchev–Trinajstić information content (AvgIpc) is 3.15. The highest BCUT2D eigenvalue weighted by molar-refractivity contribution is 7.09. The third-order valence-corrected chi connectivity index (χ3v) is 5.10. The first-order chi connectivity index (χ1) is 10.3. The van der Waals surface area contributed by atoms with E-state index in [-0.39, 0.29) is 0 Å². The van der Waals surface area contributed by atoms with E-state index < -0.39 is 0 Å². The summed E-state index contributed by atoms with van der Waals surface area (Å²) in [6.07, 6.45) is 2.40. The van der Waals surface area contributed by atoms with Gasteiger partial charge in [-0.15, -0.1) is 11.3 Å². The molecule has 1 aromatic heterocycles. The monoisotopic (exact) mass is 302 g/mol. The fourth-order valence-electron chi connectivity index (χ4n) is 2.95. The Bertz CT molecular complexity index is 569. The molecule has 0 spiro atoms. The molecule has 0 saturated carbocycles. The first-order valence-electron chi connectivity index (χ1n) is 7.56. The molecule has 0 aliphatic carbocycles. The van der Waals surface area contributed by atoms with E-state index in [1.807, 2.05) is 13.1 Å². The molecule has 1 fully saturated rings. The second kappa shape index (κ2) is 6.69. The molecule has 1 N–H and O–H groups in total. The Balaban J connectivity index is 1.71. The third kappa shape index (κ3) is 3.34. The van der Waals surface area contributed by atoms with Gasteiger partial charge >= 0.3 is 0 Å². The molecule has 1 aliphatic rings. The molecule has 4 heteroatoms. The molecule has 0 amide bonds. The molecule has 3 nitrogen and oxygen atoms in total. The van der Waals surface area contributed by atoms with Crippen molar-refractivity contribution >= 4 is 11.3 Å². The zero-order chi connectivity index (χ0) is 14.7.